The maximum Gasteiger partial charge on any atom is 0.321 e. The van der Waals surface area contributed by atoms with Gasteiger partial charge in [-0.2, -0.15) is 0 Å². The van der Waals surface area contributed by atoms with Crippen molar-refractivity contribution in [2.75, 3.05) is 16.8 Å². The van der Waals surface area contributed by atoms with Crippen LogP contribution in [-0.2, 0) is 9.59 Å². The van der Waals surface area contributed by atoms with Gasteiger partial charge in [-0.05, 0) is 36.8 Å². The summed E-state index contributed by atoms with van der Waals surface area (Å²) < 4.78 is 0. The minimum atomic E-state index is -1.30. The number of para-hydroxylation sites is 1. The Morgan fingerprint density at radius 3 is 2.32 bits per heavy atom. The predicted molar refractivity (Wildman–Crippen MR) is 147 cm³/mol. The summed E-state index contributed by atoms with van der Waals surface area (Å²) in [5.74, 6) is -0.647. The van der Waals surface area contributed by atoms with Crippen LogP contribution in [0, 0.1) is 12.3 Å². The van der Waals surface area contributed by atoms with E-state index < -0.39 is 23.5 Å². The molecule has 3 aromatic rings. The topological polar surface area (TPSA) is 90.9 Å². The van der Waals surface area contributed by atoms with E-state index >= 15 is 0 Å². The van der Waals surface area contributed by atoms with Gasteiger partial charge in [-0.15, -0.1) is 0 Å². The first-order valence-electron chi connectivity index (χ1n) is 12.0. The monoisotopic (exact) mass is 516 g/mol. The predicted octanol–water partition coefficient (Wildman–Crippen LogP) is 5.60. The van der Waals surface area contributed by atoms with Gasteiger partial charge in [0.2, 0.25) is 6.17 Å². The first-order chi connectivity index (χ1) is 17.5. The Morgan fingerprint density at radius 1 is 0.973 bits per heavy atom. The number of halogens is 1. The highest BCUT2D eigenvalue weighted by Gasteiger charge is 2.36. The number of Topliss-reactive ketones (excluding diaryl/α,β-unsaturated/α-hetero) is 1. The highest BCUT2D eigenvalue weighted by atomic mass is 35.5. The summed E-state index contributed by atoms with van der Waals surface area (Å²) in [5, 5.41) is 5.89. The molecule has 8 heteroatoms. The molecule has 7 nitrogen and oxygen atoms in total. The van der Waals surface area contributed by atoms with Crippen LogP contribution in [0.25, 0.3) is 0 Å². The van der Waals surface area contributed by atoms with Crippen LogP contribution in [-0.4, -0.2) is 36.1 Å². The Kier molecular flexibility index (Phi) is 7.45. The van der Waals surface area contributed by atoms with Gasteiger partial charge in [-0.25, -0.2) is 9.79 Å². The lowest BCUT2D eigenvalue weighted by atomic mass is 9.90. The SMILES string of the molecule is Cc1cccc(NC(=O)NC2N=C(c3ccccc3Cl)c3ccccc3N(CC(=O)C(C)(C)C)C2=O)c1. The number of amides is 3. The second-order valence-electron chi connectivity index (χ2n) is 9.94. The molecule has 0 bridgehead atoms. The second-order valence-corrected chi connectivity index (χ2v) is 10.3. The third-order valence-corrected chi connectivity index (χ3v) is 6.35. The number of benzodiazepines with no additional fused rings is 1. The fourth-order valence-corrected chi connectivity index (χ4v) is 4.17. The van der Waals surface area contributed by atoms with Crippen LogP contribution in [0.5, 0.6) is 0 Å². The Bertz CT molecular complexity index is 1390. The number of fused-ring (bicyclic) bond motifs is 1. The zero-order valence-electron chi connectivity index (χ0n) is 21.2. The summed E-state index contributed by atoms with van der Waals surface area (Å²) >= 11 is 6.54. The van der Waals surface area contributed by atoms with Crippen LogP contribution in [0.1, 0.15) is 37.5 Å². The number of aliphatic imine (C=N–C) groups is 1. The summed E-state index contributed by atoms with van der Waals surface area (Å²) in [4.78, 5) is 46.0. The third kappa shape index (κ3) is 5.89. The number of benzene rings is 3. The minimum absolute atomic E-state index is 0.125. The first-order valence-corrected chi connectivity index (χ1v) is 12.3. The van der Waals surface area contributed by atoms with Crippen molar-refractivity contribution >= 4 is 46.4 Å². The largest absolute Gasteiger partial charge is 0.321 e. The van der Waals surface area contributed by atoms with Gasteiger partial charge >= 0.3 is 6.03 Å². The number of rotatable bonds is 5. The highest BCUT2D eigenvalue weighted by Crippen LogP contribution is 2.31. The number of anilines is 2. The zero-order chi connectivity index (χ0) is 26.7. The summed E-state index contributed by atoms with van der Waals surface area (Å²) in [6.45, 7) is 7.17. The molecule has 1 aliphatic rings. The Hall–Kier alpha value is -3.97. The van der Waals surface area contributed by atoms with Crippen LogP contribution >= 0.6 is 11.6 Å². The molecule has 0 saturated heterocycles. The Labute approximate surface area is 221 Å². The van der Waals surface area contributed by atoms with E-state index in [1.807, 2.05) is 49.4 Å². The van der Waals surface area contributed by atoms with Crippen LogP contribution in [0.15, 0.2) is 77.8 Å². The molecule has 0 aromatic heterocycles. The molecule has 4 rings (SSSR count). The minimum Gasteiger partial charge on any atom is -0.308 e. The van der Waals surface area contributed by atoms with Crippen molar-refractivity contribution < 1.29 is 14.4 Å². The van der Waals surface area contributed by atoms with Crippen molar-refractivity contribution in [2.24, 2.45) is 10.4 Å². The number of nitrogens with zero attached hydrogens (tertiary/aromatic N) is 2. The number of urea groups is 1. The number of aryl methyl sites for hydroxylation is 1. The fraction of sp³-hybridized carbons (Fsp3) is 0.241. The molecule has 0 spiro atoms. The van der Waals surface area contributed by atoms with Crippen LogP contribution in [0.4, 0.5) is 16.2 Å². The molecule has 190 valence electrons. The second kappa shape index (κ2) is 10.6. The number of ketones is 1. The van der Waals surface area contributed by atoms with Crippen molar-refractivity contribution in [3.05, 3.63) is 94.5 Å². The molecule has 1 heterocycles. The van der Waals surface area contributed by atoms with Gasteiger partial charge in [0.15, 0.2) is 5.78 Å². The molecule has 0 fully saturated rings. The molecule has 37 heavy (non-hydrogen) atoms. The molecule has 3 amide bonds. The summed E-state index contributed by atoms with van der Waals surface area (Å²) in [6.07, 6.45) is -1.30. The summed E-state index contributed by atoms with van der Waals surface area (Å²) in [6, 6.07) is 21.1. The molecule has 0 saturated carbocycles. The standard InChI is InChI=1S/C29H29ClN4O3/c1-18-10-9-11-19(16-18)31-28(37)33-26-27(36)34(17-24(35)29(2,3)4)23-15-8-6-13-21(23)25(32-26)20-12-5-7-14-22(20)30/h5-16,26H,17H2,1-4H3,(H2,31,33,37). The molecule has 1 atom stereocenters. The van der Waals surface area contributed by atoms with E-state index in [0.717, 1.165) is 5.56 Å². The van der Waals surface area contributed by atoms with Gasteiger partial charge in [0, 0.05) is 27.3 Å². The number of nitrogens with one attached hydrogen (secondary N) is 2. The number of carbonyl (C=O) groups excluding carboxylic acids is 3. The average molecular weight is 517 g/mol. The van der Waals surface area contributed by atoms with E-state index in [1.165, 1.54) is 4.90 Å². The average Bonchev–Trinajstić information content (AvgIpc) is 2.94. The quantitative estimate of drug-likeness (QED) is 0.462. The molecule has 3 aromatic carbocycles. The van der Waals surface area contributed by atoms with Gasteiger partial charge in [0.1, 0.15) is 0 Å². The third-order valence-electron chi connectivity index (χ3n) is 6.02. The lowest BCUT2D eigenvalue weighted by molar-refractivity contribution is -0.127. The Balaban J connectivity index is 1.79. The molecule has 1 unspecified atom stereocenters. The van der Waals surface area contributed by atoms with E-state index in [4.69, 9.17) is 16.6 Å². The molecule has 2 N–H and O–H groups in total. The van der Waals surface area contributed by atoms with Gasteiger partial charge in [0.05, 0.1) is 17.9 Å². The molecular formula is C29H29ClN4O3. The normalized spacial score (nSPS) is 15.4. The first kappa shape index (κ1) is 26.1. The van der Waals surface area contributed by atoms with Crippen LogP contribution in [0.3, 0.4) is 0 Å². The van der Waals surface area contributed by atoms with Crippen molar-refractivity contribution in [3.63, 3.8) is 0 Å². The molecule has 1 aliphatic heterocycles. The summed E-state index contributed by atoms with van der Waals surface area (Å²) in [5.41, 5.74) is 3.10. The van der Waals surface area contributed by atoms with Gasteiger partial charge in [-0.1, -0.05) is 80.9 Å². The molecule has 0 radical (unpaired) electrons. The van der Waals surface area contributed by atoms with Crippen LogP contribution < -0.4 is 15.5 Å². The zero-order valence-corrected chi connectivity index (χ0v) is 22.0. The van der Waals surface area contributed by atoms with Crippen molar-refractivity contribution in [1.29, 1.82) is 0 Å². The van der Waals surface area contributed by atoms with Gasteiger partial charge in [0.25, 0.3) is 5.91 Å². The van der Waals surface area contributed by atoms with E-state index in [-0.39, 0.29) is 12.3 Å². The number of carbonyl (C=O) groups is 3. The molecule has 0 aliphatic carbocycles. The smallest absolute Gasteiger partial charge is 0.308 e. The van der Waals surface area contributed by atoms with Crippen molar-refractivity contribution in [1.82, 2.24) is 5.32 Å². The van der Waals surface area contributed by atoms with E-state index in [1.54, 1.807) is 51.1 Å². The van der Waals surface area contributed by atoms with Crippen LogP contribution in [0.2, 0.25) is 5.02 Å². The van der Waals surface area contributed by atoms with Gasteiger partial charge in [-0.3, -0.25) is 9.59 Å². The van der Waals surface area contributed by atoms with E-state index in [9.17, 15) is 14.4 Å². The fourth-order valence-electron chi connectivity index (χ4n) is 3.95. The Morgan fingerprint density at radius 2 is 1.65 bits per heavy atom. The highest BCUT2D eigenvalue weighted by molar-refractivity contribution is 6.36. The maximum absolute atomic E-state index is 13.9. The van der Waals surface area contributed by atoms with E-state index in [0.29, 0.717) is 33.2 Å². The molecular weight excluding hydrogens is 488 g/mol. The van der Waals surface area contributed by atoms with Crippen molar-refractivity contribution in [2.45, 2.75) is 33.9 Å². The van der Waals surface area contributed by atoms with Crippen molar-refractivity contribution in [3.8, 4) is 0 Å². The lowest BCUT2D eigenvalue weighted by Crippen LogP contribution is -2.50. The van der Waals surface area contributed by atoms with Gasteiger partial charge < -0.3 is 15.5 Å². The van der Waals surface area contributed by atoms with E-state index in [2.05, 4.69) is 10.6 Å². The lowest BCUT2D eigenvalue weighted by Gasteiger charge is -2.28. The number of hydrogen-bond donors (Lipinski definition) is 2. The maximum atomic E-state index is 13.9. The summed E-state index contributed by atoms with van der Waals surface area (Å²) in [7, 11) is 0. The number of hydrogen-bond acceptors (Lipinski definition) is 4.